The molecule has 3 rings (SSSR count). The van der Waals surface area contributed by atoms with Gasteiger partial charge in [-0.1, -0.05) is 35.9 Å². The summed E-state index contributed by atoms with van der Waals surface area (Å²) in [6.07, 6.45) is 0.00786. The van der Waals surface area contributed by atoms with Crippen LogP contribution in [0, 0.1) is 6.92 Å². The molecule has 3 N–H and O–H groups in total. The first-order valence-electron chi connectivity index (χ1n) is 9.64. The maximum Gasteiger partial charge on any atom is 0.262 e. The van der Waals surface area contributed by atoms with Crippen LogP contribution in [0.2, 0.25) is 5.02 Å². The summed E-state index contributed by atoms with van der Waals surface area (Å²) in [6, 6.07) is 14.4. The van der Waals surface area contributed by atoms with Crippen LogP contribution in [0.15, 0.2) is 64.9 Å². The third-order valence-electron chi connectivity index (χ3n) is 4.53. The Kier molecular flexibility index (Phi) is 7.55. The van der Waals surface area contributed by atoms with E-state index < -0.39 is 16.1 Å². The summed E-state index contributed by atoms with van der Waals surface area (Å²) in [4.78, 5) is 25.0. The molecule has 1 unspecified atom stereocenters. The molecule has 0 bridgehead atoms. The van der Waals surface area contributed by atoms with Crippen molar-refractivity contribution in [2.45, 2.75) is 31.2 Å². The Labute approximate surface area is 195 Å². The third-order valence-corrected chi connectivity index (χ3v) is 7.36. The molecule has 0 radical (unpaired) electrons. The highest BCUT2D eigenvalue weighted by atomic mass is 35.5. The normalized spacial score (nSPS) is 12.1. The van der Waals surface area contributed by atoms with Gasteiger partial charge in [-0.25, -0.2) is 8.42 Å². The molecule has 0 saturated heterocycles. The number of rotatable bonds is 8. The Bertz CT molecular complexity index is 1230. The largest absolute Gasteiger partial charge is 0.348 e. The van der Waals surface area contributed by atoms with Crippen molar-refractivity contribution in [2.75, 3.05) is 10.0 Å². The molecule has 1 atom stereocenters. The van der Waals surface area contributed by atoms with Gasteiger partial charge in [-0.3, -0.25) is 14.3 Å². The fourth-order valence-electron chi connectivity index (χ4n) is 3.07. The molecule has 1 aromatic heterocycles. The van der Waals surface area contributed by atoms with Crippen molar-refractivity contribution >= 4 is 56.2 Å². The highest BCUT2D eigenvalue weighted by molar-refractivity contribution is 7.92. The Morgan fingerprint density at radius 3 is 2.50 bits per heavy atom. The number of nitrogens with one attached hydrogen (secondary N) is 3. The molecule has 32 heavy (non-hydrogen) atoms. The predicted molar refractivity (Wildman–Crippen MR) is 128 cm³/mol. The minimum absolute atomic E-state index is 0.00786. The van der Waals surface area contributed by atoms with E-state index in [1.807, 2.05) is 17.5 Å². The van der Waals surface area contributed by atoms with Gasteiger partial charge < -0.3 is 10.6 Å². The van der Waals surface area contributed by atoms with Crippen LogP contribution in [0.3, 0.4) is 0 Å². The van der Waals surface area contributed by atoms with E-state index in [0.717, 1.165) is 4.88 Å². The quantitative estimate of drug-likeness (QED) is 0.424. The zero-order valence-corrected chi connectivity index (χ0v) is 19.8. The zero-order valence-electron chi connectivity index (χ0n) is 17.4. The molecule has 0 aliphatic carbocycles. The fourth-order valence-corrected chi connectivity index (χ4v) is 5.43. The lowest BCUT2D eigenvalue weighted by atomic mass is 10.1. The van der Waals surface area contributed by atoms with Crippen LogP contribution in [0.4, 0.5) is 11.4 Å². The average molecular weight is 492 g/mol. The number of carbonyl (C=O) groups excluding carboxylic acids is 2. The number of benzene rings is 2. The van der Waals surface area contributed by atoms with E-state index in [0.29, 0.717) is 11.3 Å². The van der Waals surface area contributed by atoms with Crippen LogP contribution in [-0.4, -0.2) is 20.2 Å². The topological polar surface area (TPSA) is 104 Å². The molecular weight excluding hydrogens is 470 g/mol. The van der Waals surface area contributed by atoms with Gasteiger partial charge in [0.25, 0.3) is 10.0 Å². The van der Waals surface area contributed by atoms with Crippen molar-refractivity contribution in [2.24, 2.45) is 0 Å². The van der Waals surface area contributed by atoms with Crippen LogP contribution in [0.25, 0.3) is 0 Å². The number of amides is 2. The summed E-state index contributed by atoms with van der Waals surface area (Å²) < 4.78 is 28.4. The van der Waals surface area contributed by atoms with Crippen molar-refractivity contribution in [3.05, 3.63) is 75.4 Å². The highest BCUT2D eigenvalue weighted by Crippen LogP contribution is 2.27. The number of hydrogen-bond donors (Lipinski definition) is 3. The van der Waals surface area contributed by atoms with E-state index in [-0.39, 0.29) is 33.8 Å². The van der Waals surface area contributed by atoms with Gasteiger partial charge >= 0.3 is 0 Å². The third kappa shape index (κ3) is 6.09. The monoisotopic (exact) mass is 491 g/mol. The maximum atomic E-state index is 12.9. The number of anilines is 2. The number of sulfonamides is 1. The van der Waals surface area contributed by atoms with Gasteiger partial charge in [0.05, 0.1) is 28.1 Å². The van der Waals surface area contributed by atoms with E-state index in [1.54, 1.807) is 43.3 Å². The molecule has 3 aromatic rings. The van der Waals surface area contributed by atoms with Gasteiger partial charge in [0, 0.05) is 17.5 Å². The summed E-state index contributed by atoms with van der Waals surface area (Å²) in [6.45, 7) is 3.05. The second-order valence-corrected chi connectivity index (χ2v) is 10.1. The molecule has 0 saturated carbocycles. The molecule has 10 heteroatoms. The van der Waals surface area contributed by atoms with Gasteiger partial charge in [-0.15, -0.1) is 11.3 Å². The van der Waals surface area contributed by atoms with E-state index in [4.69, 9.17) is 11.6 Å². The molecule has 168 valence electrons. The minimum Gasteiger partial charge on any atom is -0.348 e. The average Bonchev–Trinajstić information content (AvgIpc) is 3.25. The number of para-hydroxylation sites is 1. The van der Waals surface area contributed by atoms with Crippen molar-refractivity contribution in [3.8, 4) is 0 Å². The zero-order chi connectivity index (χ0) is 23.3. The predicted octanol–water partition coefficient (Wildman–Crippen LogP) is 4.72. The van der Waals surface area contributed by atoms with Gasteiger partial charge in [0.1, 0.15) is 0 Å². The van der Waals surface area contributed by atoms with Crippen molar-refractivity contribution < 1.29 is 18.0 Å². The molecule has 2 amide bonds. The first-order chi connectivity index (χ1) is 15.2. The molecule has 2 aromatic carbocycles. The molecule has 7 nitrogen and oxygen atoms in total. The maximum absolute atomic E-state index is 12.9. The molecular formula is C22H22ClN3O4S2. The van der Waals surface area contributed by atoms with Crippen LogP contribution in [0.5, 0.6) is 0 Å². The second kappa shape index (κ2) is 10.2. The first-order valence-corrected chi connectivity index (χ1v) is 12.4. The van der Waals surface area contributed by atoms with E-state index >= 15 is 0 Å². The number of halogens is 1. The van der Waals surface area contributed by atoms with Crippen molar-refractivity contribution in [1.29, 1.82) is 0 Å². The summed E-state index contributed by atoms with van der Waals surface area (Å²) in [5.41, 5.74) is 1.10. The Balaban J connectivity index is 1.78. The summed E-state index contributed by atoms with van der Waals surface area (Å²) >= 11 is 7.51. The number of aryl methyl sites for hydroxylation is 1. The Morgan fingerprint density at radius 2 is 1.84 bits per heavy atom. The van der Waals surface area contributed by atoms with Gasteiger partial charge in [0.15, 0.2) is 0 Å². The van der Waals surface area contributed by atoms with Crippen LogP contribution in [-0.2, 0) is 19.6 Å². The number of hydrogen-bond acceptors (Lipinski definition) is 5. The summed E-state index contributed by atoms with van der Waals surface area (Å²) in [7, 11) is -3.94. The minimum atomic E-state index is -3.94. The van der Waals surface area contributed by atoms with Crippen LogP contribution >= 0.6 is 22.9 Å². The first kappa shape index (κ1) is 23.8. The molecule has 0 spiro atoms. The van der Waals surface area contributed by atoms with Crippen molar-refractivity contribution in [3.63, 3.8) is 0 Å². The standard InChI is InChI=1S/C22H22ClN3O4S2/c1-14-9-10-16(12-21(14)32(29,30)26-18-7-4-3-6-17(18)23)25-22(28)13-19(24-15(2)27)20-8-5-11-31-20/h3-12,19,26H,13H2,1-2H3,(H,24,27)(H,25,28). The SMILES string of the molecule is CC(=O)NC(CC(=O)Nc1ccc(C)c(S(=O)(=O)Nc2ccccc2Cl)c1)c1cccs1. The van der Waals surface area contributed by atoms with E-state index in [1.165, 1.54) is 24.3 Å². The smallest absolute Gasteiger partial charge is 0.262 e. The van der Waals surface area contributed by atoms with Crippen molar-refractivity contribution in [1.82, 2.24) is 5.32 Å². The second-order valence-electron chi connectivity index (χ2n) is 7.09. The Hall–Kier alpha value is -2.88. The van der Waals surface area contributed by atoms with Crippen LogP contribution < -0.4 is 15.4 Å². The highest BCUT2D eigenvalue weighted by Gasteiger charge is 2.21. The van der Waals surface area contributed by atoms with E-state index in [2.05, 4.69) is 15.4 Å². The lowest BCUT2D eigenvalue weighted by molar-refractivity contribution is -0.120. The summed E-state index contributed by atoms with van der Waals surface area (Å²) in [5.74, 6) is -0.603. The van der Waals surface area contributed by atoms with E-state index in [9.17, 15) is 18.0 Å². The number of carbonyl (C=O) groups is 2. The summed E-state index contributed by atoms with van der Waals surface area (Å²) in [5, 5.41) is 7.63. The van der Waals surface area contributed by atoms with Gasteiger partial charge in [-0.05, 0) is 48.2 Å². The number of thiophene rings is 1. The van der Waals surface area contributed by atoms with Gasteiger partial charge in [-0.2, -0.15) is 0 Å². The molecule has 1 heterocycles. The molecule has 0 fully saturated rings. The molecule has 0 aliphatic heterocycles. The lowest BCUT2D eigenvalue weighted by Crippen LogP contribution is -2.29. The van der Waals surface area contributed by atoms with Gasteiger partial charge in [0.2, 0.25) is 11.8 Å². The van der Waals surface area contributed by atoms with Crippen LogP contribution in [0.1, 0.15) is 29.8 Å². The Morgan fingerprint density at radius 1 is 1.09 bits per heavy atom. The fraction of sp³-hybridized carbons (Fsp3) is 0.182. The lowest BCUT2D eigenvalue weighted by Gasteiger charge is -2.17. The molecule has 0 aliphatic rings.